The van der Waals surface area contributed by atoms with Crippen LogP contribution in [-0.2, 0) is 6.42 Å². The molecule has 0 aliphatic heterocycles. The van der Waals surface area contributed by atoms with Crippen molar-refractivity contribution in [3.63, 3.8) is 0 Å². The number of nitrogens with one attached hydrogen (secondary N) is 1. The zero-order valence-electron chi connectivity index (χ0n) is 10.00. The zero-order chi connectivity index (χ0) is 11.4. The number of aryl methyl sites for hydroxylation is 1. The van der Waals surface area contributed by atoms with Crippen molar-refractivity contribution >= 4 is 5.69 Å². The molecule has 2 N–H and O–H groups in total. The minimum absolute atomic E-state index is 0.183. The Bertz CT molecular complexity index is 327. The number of hydrogen-bond acceptors (Lipinski definition) is 2. The van der Waals surface area contributed by atoms with E-state index in [2.05, 4.69) is 36.5 Å². The second-order valence-electron chi connectivity index (χ2n) is 4.96. The standard InChI is InChI=1S/C14H21NO/c1-2-3-12-4-6-13(7-5-12)15-10-14(11-16)8-9-14/h4-7,15-16H,2-3,8-11H2,1H3. The normalized spacial score (nSPS) is 17.1. The molecule has 2 rings (SSSR count). The summed E-state index contributed by atoms with van der Waals surface area (Å²) in [6, 6.07) is 8.64. The molecule has 16 heavy (non-hydrogen) atoms. The molecular formula is C14H21NO. The number of anilines is 1. The lowest BCUT2D eigenvalue weighted by atomic mass is 10.1. The van der Waals surface area contributed by atoms with Crippen LogP contribution < -0.4 is 5.32 Å². The van der Waals surface area contributed by atoms with Crippen molar-refractivity contribution < 1.29 is 5.11 Å². The molecule has 1 saturated carbocycles. The van der Waals surface area contributed by atoms with Crippen molar-refractivity contribution in [2.24, 2.45) is 5.41 Å². The summed E-state index contributed by atoms with van der Waals surface area (Å²) in [5.41, 5.74) is 2.75. The summed E-state index contributed by atoms with van der Waals surface area (Å²) in [7, 11) is 0. The summed E-state index contributed by atoms with van der Waals surface area (Å²) in [6.07, 6.45) is 4.66. The van der Waals surface area contributed by atoms with Crippen LogP contribution in [0.25, 0.3) is 0 Å². The fourth-order valence-corrected chi connectivity index (χ4v) is 1.94. The van der Waals surface area contributed by atoms with E-state index >= 15 is 0 Å². The lowest BCUT2D eigenvalue weighted by Gasteiger charge is -2.14. The maximum absolute atomic E-state index is 9.21. The molecule has 2 heteroatoms. The fraction of sp³-hybridized carbons (Fsp3) is 0.571. The number of hydrogen-bond donors (Lipinski definition) is 2. The largest absolute Gasteiger partial charge is 0.396 e. The third-order valence-electron chi connectivity index (χ3n) is 3.45. The smallest absolute Gasteiger partial charge is 0.0504 e. The predicted octanol–water partition coefficient (Wildman–Crippen LogP) is 2.82. The summed E-state index contributed by atoms with van der Waals surface area (Å²) >= 11 is 0. The van der Waals surface area contributed by atoms with Gasteiger partial charge in [-0.15, -0.1) is 0 Å². The van der Waals surface area contributed by atoms with Gasteiger partial charge in [0.1, 0.15) is 0 Å². The first-order valence-electron chi connectivity index (χ1n) is 6.22. The highest BCUT2D eigenvalue weighted by Crippen LogP contribution is 2.44. The Morgan fingerprint density at radius 2 is 1.94 bits per heavy atom. The number of benzene rings is 1. The maximum Gasteiger partial charge on any atom is 0.0504 e. The monoisotopic (exact) mass is 219 g/mol. The summed E-state index contributed by atoms with van der Waals surface area (Å²) < 4.78 is 0. The van der Waals surface area contributed by atoms with E-state index in [4.69, 9.17) is 0 Å². The molecule has 0 radical (unpaired) electrons. The molecule has 1 aromatic rings. The Hall–Kier alpha value is -1.02. The van der Waals surface area contributed by atoms with Gasteiger partial charge in [0.2, 0.25) is 0 Å². The summed E-state index contributed by atoms with van der Waals surface area (Å²) in [5, 5.41) is 12.6. The number of aliphatic hydroxyl groups excluding tert-OH is 1. The van der Waals surface area contributed by atoms with E-state index in [1.807, 2.05) is 0 Å². The van der Waals surface area contributed by atoms with E-state index < -0.39 is 0 Å². The van der Waals surface area contributed by atoms with Crippen LogP contribution in [0.1, 0.15) is 31.7 Å². The summed E-state index contributed by atoms with van der Waals surface area (Å²) in [5.74, 6) is 0. The molecule has 2 nitrogen and oxygen atoms in total. The van der Waals surface area contributed by atoms with E-state index in [-0.39, 0.29) is 5.41 Å². The van der Waals surface area contributed by atoms with Gasteiger partial charge in [-0.05, 0) is 37.0 Å². The summed E-state index contributed by atoms with van der Waals surface area (Å²) in [6.45, 7) is 3.41. The van der Waals surface area contributed by atoms with Crippen LogP contribution in [0.15, 0.2) is 24.3 Å². The second kappa shape index (κ2) is 4.88. The van der Waals surface area contributed by atoms with E-state index in [9.17, 15) is 5.11 Å². The average molecular weight is 219 g/mol. The highest BCUT2D eigenvalue weighted by Gasteiger charge is 2.41. The van der Waals surface area contributed by atoms with Gasteiger partial charge in [-0.3, -0.25) is 0 Å². The molecule has 0 atom stereocenters. The van der Waals surface area contributed by atoms with Gasteiger partial charge in [0.15, 0.2) is 0 Å². The Labute approximate surface area is 97.7 Å². The van der Waals surface area contributed by atoms with Crippen molar-refractivity contribution in [1.82, 2.24) is 0 Å². The van der Waals surface area contributed by atoms with Crippen LogP contribution in [0.2, 0.25) is 0 Å². The Balaban J connectivity index is 1.85. The number of rotatable bonds is 6. The SMILES string of the molecule is CCCc1ccc(NCC2(CO)CC2)cc1. The summed E-state index contributed by atoms with van der Waals surface area (Å²) in [4.78, 5) is 0. The molecule has 88 valence electrons. The Kier molecular flexibility index (Phi) is 3.49. The van der Waals surface area contributed by atoms with Crippen molar-refractivity contribution in [2.75, 3.05) is 18.5 Å². The molecule has 1 aromatic carbocycles. The lowest BCUT2D eigenvalue weighted by Crippen LogP contribution is -2.18. The average Bonchev–Trinajstić information content (AvgIpc) is 3.09. The zero-order valence-corrected chi connectivity index (χ0v) is 10.00. The Morgan fingerprint density at radius 3 is 2.44 bits per heavy atom. The van der Waals surface area contributed by atoms with Gasteiger partial charge < -0.3 is 10.4 Å². The van der Waals surface area contributed by atoms with Gasteiger partial charge in [-0.25, -0.2) is 0 Å². The minimum atomic E-state index is 0.183. The van der Waals surface area contributed by atoms with Gasteiger partial charge in [-0.1, -0.05) is 25.5 Å². The molecule has 0 amide bonds. The van der Waals surface area contributed by atoms with E-state index in [0.29, 0.717) is 6.61 Å². The molecule has 0 heterocycles. The molecule has 0 bridgehead atoms. The van der Waals surface area contributed by atoms with Crippen LogP contribution in [0.3, 0.4) is 0 Å². The van der Waals surface area contributed by atoms with Crippen LogP contribution in [0.5, 0.6) is 0 Å². The van der Waals surface area contributed by atoms with Crippen molar-refractivity contribution in [3.05, 3.63) is 29.8 Å². The Morgan fingerprint density at radius 1 is 1.25 bits per heavy atom. The van der Waals surface area contributed by atoms with Crippen LogP contribution >= 0.6 is 0 Å². The second-order valence-corrected chi connectivity index (χ2v) is 4.96. The minimum Gasteiger partial charge on any atom is -0.396 e. The lowest BCUT2D eigenvalue weighted by molar-refractivity contribution is 0.220. The van der Waals surface area contributed by atoms with Crippen molar-refractivity contribution in [2.45, 2.75) is 32.6 Å². The molecule has 1 aliphatic carbocycles. The first-order chi connectivity index (χ1) is 7.78. The van der Waals surface area contributed by atoms with Gasteiger partial charge in [0, 0.05) is 17.6 Å². The first-order valence-corrected chi connectivity index (χ1v) is 6.22. The quantitative estimate of drug-likeness (QED) is 0.771. The third kappa shape index (κ3) is 2.76. The predicted molar refractivity (Wildman–Crippen MR) is 67.7 cm³/mol. The van der Waals surface area contributed by atoms with Crippen LogP contribution in [0, 0.1) is 5.41 Å². The fourth-order valence-electron chi connectivity index (χ4n) is 1.94. The van der Waals surface area contributed by atoms with Crippen molar-refractivity contribution in [1.29, 1.82) is 0 Å². The topological polar surface area (TPSA) is 32.3 Å². The van der Waals surface area contributed by atoms with Gasteiger partial charge in [0.25, 0.3) is 0 Å². The van der Waals surface area contributed by atoms with Crippen LogP contribution in [-0.4, -0.2) is 18.3 Å². The van der Waals surface area contributed by atoms with E-state index in [1.165, 1.54) is 17.7 Å². The molecular weight excluding hydrogens is 198 g/mol. The molecule has 0 aromatic heterocycles. The van der Waals surface area contributed by atoms with Gasteiger partial charge in [-0.2, -0.15) is 0 Å². The molecule has 1 fully saturated rings. The molecule has 0 spiro atoms. The molecule has 1 aliphatic rings. The van der Waals surface area contributed by atoms with Gasteiger partial charge in [0.05, 0.1) is 6.61 Å². The molecule has 0 saturated heterocycles. The number of aliphatic hydroxyl groups is 1. The highest BCUT2D eigenvalue weighted by atomic mass is 16.3. The van der Waals surface area contributed by atoms with Gasteiger partial charge >= 0.3 is 0 Å². The first kappa shape index (κ1) is 11.5. The third-order valence-corrected chi connectivity index (χ3v) is 3.45. The van der Waals surface area contributed by atoms with Crippen molar-refractivity contribution in [3.8, 4) is 0 Å². The van der Waals surface area contributed by atoms with Crippen LogP contribution in [0.4, 0.5) is 5.69 Å². The van der Waals surface area contributed by atoms with E-state index in [0.717, 1.165) is 25.8 Å². The highest BCUT2D eigenvalue weighted by molar-refractivity contribution is 5.45. The maximum atomic E-state index is 9.21. The van der Waals surface area contributed by atoms with E-state index in [1.54, 1.807) is 0 Å². The molecule has 0 unspecified atom stereocenters.